The van der Waals surface area contributed by atoms with Crippen LogP contribution >= 0.6 is 0 Å². The SMILES string of the molecule is CCCN(Cc1cccc(C)c1)C1CCNC1. The van der Waals surface area contributed by atoms with E-state index in [-0.39, 0.29) is 0 Å². The van der Waals surface area contributed by atoms with Crippen molar-refractivity contribution in [2.75, 3.05) is 19.6 Å². The minimum Gasteiger partial charge on any atom is -0.315 e. The number of aryl methyl sites for hydroxylation is 1. The molecule has 0 aliphatic carbocycles. The molecular formula is C15H24N2. The van der Waals surface area contributed by atoms with Crippen LogP contribution in [0.5, 0.6) is 0 Å². The topological polar surface area (TPSA) is 15.3 Å². The Morgan fingerprint density at radius 2 is 2.29 bits per heavy atom. The van der Waals surface area contributed by atoms with Crippen molar-refractivity contribution in [2.45, 2.75) is 39.3 Å². The molecule has 0 radical (unpaired) electrons. The number of rotatable bonds is 5. The maximum absolute atomic E-state index is 3.47. The van der Waals surface area contributed by atoms with Crippen molar-refractivity contribution in [3.8, 4) is 0 Å². The van der Waals surface area contributed by atoms with E-state index in [1.54, 1.807) is 0 Å². The molecule has 1 saturated heterocycles. The number of nitrogens with zero attached hydrogens (tertiary/aromatic N) is 1. The molecule has 1 aliphatic heterocycles. The fourth-order valence-electron chi connectivity index (χ4n) is 2.67. The Kier molecular flexibility index (Phi) is 4.57. The van der Waals surface area contributed by atoms with Crippen LogP contribution in [0.2, 0.25) is 0 Å². The van der Waals surface area contributed by atoms with Crippen LogP contribution in [0, 0.1) is 6.92 Å². The van der Waals surface area contributed by atoms with E-state index in [9.17, 15) is 0 Å². The number of hydrogen-bond acceptors (Lipinski definition) is 2. The zero-order valence-corrected chi connectivity index (χ0v) is 11.1. The fraction of sp³-hybridized carbons (Fsp3) is 0.600. The highest BCUT2D eigenvalue weighted by Gasteiger charge is 2.21. The van der Waals surface area contributed by atoms with Crippen molar-refractivity contribution in [3.63, 3.8) is 0 Å². The lowest BCUT2D eigenvalue weighted by Gasteiger charge is -2.28. The monoisotopic (exact) mass is 232 g/mol. The third-order valence-electron chi connectivity index (χ3n) is 3.53. The van der Waals surface area contributed by atoms with Gasteiger partial charge in [-0.15, -0.1) is 0 Å². The predicted octanol–water partition coefficient (Wildman–Crippen LogP) is 2.57. The molecule has 0 spiro atoms. The second-order valence-electron chi connectivity index (χ2n) is 5.11. The van der Waals surface area contributed by atoms with E-state index in [2.05, 4.69) is 48.3 Å². The van der Waals surface area contributed by atoms with E-state index in [1.807, 2.05) is 0 Å². The summed E-state index contributed by atoms with van der Waals surface area (Å²) in [5.74, 6) is 0. The van der Waals surface area contributed by atoms with Gasteiger partial charge in [-0.25, -0.2) is 0 Å². The van der Waals surface area contributed by atoms with E-state index < -0.39 is 0 Å². The van der Waals surface area contributed by atoms with Crippen molar-refractivity contribution in [1.29, 1.82) is 0 Å². The van der Waals surface area contributed by atoms with Gasteiger partial charge in [-0.3, -0.25) is 4.90 Å². The van der Waals surface area contributed by atoms with Gasteiger partial charge in [0.05, 0.1) is 0 Å². The maximum atomic E-state index is 3.47. The van der Waals surface area contributed by atoms with E-state index in [4.69, 9.17) is 0 Å². The zero-order valence-electron chi connectivity index (χ0n) is 11.1. The molecule has 1 aromatic rings. The molecule has 94 valence electrons. The third-order valence-corrected chi connectivity index (χ3v) is 3.53. The Bertz CT molecular complexity index is 343. The molecule has 0 aromatic heterocycles. The highest BCUT2D eigenvalue weighted by Crippen LogP contribution is 2.14. The second-order valence-corrected chi connectivity index (χ2v) is 5.11. The Balaban J connectivity index is 2.01. The van der Waals surface area contributed by atoms with Crippen LogP contribution in [0.15, 0.2) is 24.3 Å². The molecule has 0 saturated carbocycles. The lowest BCUT2D eigenvalue weighted by atomic mass is 10.1. The molecule has 1 unspecified atom stereocenters. The van der Waals surface area contributed by atoms with Crippen molar-refractivity contribution < 1.29 is 0 Å². The van der Waals surface area contributed by atoms with Gasteiger partial charge in [0.15, 0.2) is 0 Å². The third kappa shape index (κ3) is 3.55. The van der Waals surface area contributed by atoms with Crippen molar-refractivity contribution in [2.24, 2.45) is 0 Å². The summed E-state index contributed by atoms with van der Waals surface area (Å²) in [6, 6.07) is 9.63. The largest absolute Gasteiger partial charge is 0.315 e. The predicted molar refractivity (Wildman–Crippen MR) is 73.2 cm³/mol. The van der Waals surface area contributed by atoms with Gasteiger partial charge in [-0.05, 0) is 38.4 Å². The first-order valence-electron chi connectivity index (χ1n) is 6.80. The minimum atomic E-state index is 0.732. The Morgan fingerprint density at radius 3 is 2.94 bits per heavy atom. The van der Waals surface area contributed by atoms with Crippen LogP contribution in [0.1, 0.15) is 30.9 Å². The summed E-state index contributed by atoms with van der Waals surface area (Å²) in [5.41, 5.74) is 2.81. The molecule has 1 N–H and O–H groups in total. The van der Waals surface area contributed by atoms with Crippen LogP contribution in [-0.4, -0.2) is 30.6 Å². The van der Waals surface area contributed by atoms with E-state index in [0.717, 1.165) is 19.1 Å². The highest BCUT2D eigenvalue weighted by atomic mass is 15.2. The van der Waals surface area contributed by atoms with Gasteiger partial charge in [0.2, 0.25) is 0 Å². The zero-order chi connectivity index (χ0) is 12.1. The van der Waals surface area contributed by atoms with Gasteiger partial charge in [0.25, 0.3) is 0 Å². The summed E-state index contributed by atoms with van der Waals surface area (Å²) in [4.78, 5) is 2.63. The number of nitrogens with one attached hydrogen (secondary N) is 1. The van der Waals surface area contributed by atoms with Crippen LogP contribution in [-0.2, 0) is 6.54 Å². The first kappa shape index (κ1) is 12.6. The Morgan fingerprint density at radius 1 is 1.41 bits per heavy atom. The van der Waals surface area contributed by atoms with Crippen molar-refractivity contribution in [1.82, 2.24) is 10.2 Å². The molecule has 0 amide bonds. The lowest BCUT2D eigenvalue weighted by Crippen LogP contribution is -2.36. The molecule has 1 atom stereocenters. The standard InChI is InChI=1S/C15H24N2/c1-3-9-17(15-7-8-16-11-15)12-14-6-4-5-13(2)10-14/h4-6,10,15-16H,3,7-9,11-12H2,1-2H3. The quantitative estimate of drug-likeness (QED) is 0.839. The van der Waals surface area contributed by atoms with Crippen molar-refractivity contribution >= 4 is 0 Å². The molecule has 0 bridgehead atoms. The molecule has 2 nitrogen and oxygen atoms in total. The normalized spacial score (nSPS) is 20.1. The molecular weight excluding hydrogens is 208 g/mol. The number of benzene rings is 1. The summed E-state index contributed by atoms with van der Waals surface area (Å²) in [7, 11) is 0. The molecule has 1 aliphatic rings. The van der Waals surface area contributed by atoms with Gasteiger partial charge in [0.1, 0.15) is 0 Å². The van der Waals surface area contributed by atoms with Gasteiger partial charge < -0.3 is 5.32 Å². The Labute approximate surface area is 105 Å². The molecule has 1 fully saturated rings. The average molecular weight is 232 g/mol. The summed E-state index contributed by atoms with van der Waals surface area (Å²) in [5, 5.41) is 3.47. The van der Waals surface area contributed by atoms with Crippen LogP contribution in [0.4, 0.5) is 0 Å². The van der Waals surface area contributed by atoms with Crippen LogP contribution in [0.25, 0.3) is 0 Å². The van der Waals surface area contributed by atoms with E-state index in [0.29, 0.717) is 0 Å². The van der Waals surface area contributed by atoms with Crippen LogP contribution < -0.4 is 5.32 Å². The first-order chi connectivity index (χ1) is 8.29. The smallest absolute Gasteiger partial charge is 0.0237 e. The summed E-state index contributed by atoms with van der Waals surface area (Å²) < 4.78 is 0. The molecule has 1 heterocycles. The number of hydrogen-bond donors (Lipinski definition) is 1. The maximum Gasteiger partial charge on any atom is 0.0237 e. The van der Waals surface area contributed by atoms with Crippen molar-refractivity contribution in [3.05, 3.63) is 35.4 Å². The van der Waals surface area contributed by atoms with Gasteiger partial charge in [-0.2, -0.15) is 0 Å². The molecule has 17 heavy (non-hydrogen) atoms. The van der Waals surface area contributed by atoms with E-state index in [1.165, 1.54) is 37.1 Å². The summed E-state index contributed by atoms with van der Waals surface area (Å²) >= 11 is 0. The van der Waals surface area contributed by atoms with Crippen LogP contribution in [0.3, 0.4) is 0 Å². The Hall–Kier alpha value is -0.860. The molecule has 2 heteroatoms. The second kappa shape index (κ2) is 6.18. The summed E-state index contributed by atoms with van der Waals surface area (Å²) in [6.07, 6.45) is 2.54. The van der Waals surface area contributed by atoms with Gasteiger partial charge in [0, 0.05) is 19.1 Å². The summed E-state index contributed by atoms with van der Waals surface area (Å²) in [6.45, 7) is 9.09. The average Bonchev–Trinajstić information content (AvgIpc) is 2.82. The highest BCUT2D eigenvalue weighted by molar-refractivity contribution is 5.22. The van der Waals surface area contributed by atoms with Gasteiger partial charge in [-0.1, -0.05) is 36.8 Å². The minimum absolute atomic E-state index is 0.732. The lowest BCUT2D eigenvalue weighted by molar-refractivity contribution is 0.199. The molecule has 1 aromatic carbocycles. The first-order valence-corrected chi connectivity index (χ1v) is 6.80. The van der Waals surface area contributed by atoms with Gasteiger partial charge >= 0.3 is 0 Å². The fourth-order valence-corrected chi connectivity index (χ4v) is 2.67. The molecule has 2 rings (SSSR count). The van der Waals surface area contributed by atoms with E-state index >= 15 is 0 Å².